The molecule has 1 aliphatic heterocycles. The van der Waals surface area contributed by atoms with E-state index in [1.54, 1.807) is 11.3 Å². The molecule has 0 amide bonds. The van der Waals surface area contributed by atoms with E-state index in [0.29, 0.717) is 18.9 Å². The van der Waals surface area contributed by atoms with Crippen molar-refractivity contribution in [3.63, 3.8) is 0 Å². The molecule has 5 heteroatoms. The van der Waals surface area contributed by atoms with Gasteiger partial charge in [-0.15, -0.1) is 0 Å². The van der Waals surface area contributed by atoms with Gasteiger partial charge in [-0.25, -0.2) is 0 Å². The maximum atomic E-state index is 11.5. The first-order chi connectivity index (χ1) is 8.69. The zero-order valence-electron chi connectivity index (χ0n) is 10.7. The van der Waals surface area contributed by atoms with Gasteiger partial charge in [-0.1, -0.05) is 0 Å². The lowest BCUT2D eigenvalue weighted by Crippen LogP contribution is -2.47. The van der Waals surface area contributed by atoms with Crippen LogP contribution < -0.4 is 10.6 Å². The van der Waals surface area contributed by atoms with Crippen LogP contribution in [0.2, 0.25) is 0 Å². The second-order valence-electron chi connectivity index (χ2n) is 4.76. The van der Waals surface area contributed by atoms with Crippen molar-refractivity contribution in [1.82, 2.24) is 0 Å². The number of anilines is 1. The Morgan fingerprint density at radius 1 is 1.61 bits per heavy atom. The summed E-state index contributed by atoms with van der Waals surface area (Å²) < 4.78 is 5.01. The summed E-state index contributed by atoms with van der Waals surface area (Å²) in [7, 11) is 0. The van der Waals surface area contributed by atoms with Crippen LogP contribution in [0, 0.1) is 5.92 Å². The Morgan fingerprint density at radius 2 is 2.44 bits per heavy atom. The average Bonchev–Trinajstić information content (AvgIpc) is 2.81. The fraction of sp³-hybridized carbons (Fsp3) is 0.615. The van der Waals surface area contributed by atoms with Crippen LogP contribution in [0.15, 0.2) is 16.8 Å². The van der Waals surface area contributed by atoms with Gasteiger partial charge in [-0.3, -0.25) is 4.79 Å². The van der Waals surface area contributed by atoms with Crippen LogP contribution >= 0.6 is 11.3 Å². The number of hydrogen-bond acceptors (Lipinski definition) is 5. The first-order valence-electron chi connectivity index (χ1n) is 6.37. The van der Waals surface area contributed by atoms with Gasteiger partial charge in [0.05, 0.1) is 13.0 Å². The molecule has 2 atom stereocenters. The van der Waals surface area contributed by atoms with E-state index >= 15 is 0 Å². The Labute approximate surface area is 112 Å². The predicted octanol–water partition coefficient (Wildman–Crippen LogP) is 1.85. The minimum Gasteiger partial charge on any atom is -0.466 e. The number of esters is 1. The molecule has 4 nitrogen and oxygen atoms in total. The van der Waals surface area contributed by atoms with Crippen molar-refractivity contribution < 1.29 is 9.53 Å². The van der Waals surface area contributed by atoms with Gasteiger partial charge < -0.3 is 15.4 Å². The number of hydrogen-bond donors (Lipinski definition) is 1. The van der Waals surface area contributed by atoms with Gasteiger partial charge in [-0.05, 0) is 30.7 Å². The molecule has 0 bridgehead atoms. The summed E-state index contributed by atoms with van der Waals surface area (Å²) in [6.07, 6.45) is 1.38. The number of thiophene rings is 1. The van der Waals surface area contributed by atoms with Gasteiger partial charge in [0.1, 0.15) is 0 Å². The molecule has 2 rings (SSSR count). The van der Waals surface area contributed by atoms with Crippen LogP contribution in [-0.4, -0.2) is 31.7 Å². The van der Waals surface area contributed by atoms with Crippen molar-refractivity contribution in [3.05, 3.63) is 16.8 Å². The normalized spacial score (nSPS) is 24.0. The van der Waals surface area contributed by atoms with Crippen molar-refractivity contribution in [2.75, 3.05) is 24.6 Å². The molecule has 0 radical (unpaired) electrons. The molecule has 1 aromatic rings. The second-order valence-corrected chi connectivity index (χ2v) is 5.54. The van der Waals surface area contributed by atoms with Crippen LogP contribution in [0.3, 0.4) is 0 Å². The highest BCUT2D eigenvalue weighted by molar-refractivity contribution is 7.08. The molecule has 0 aliphatic carbocycles. The summed E-state index contributed by atoms with van der Waals surface area (Å²) in [6, 6.07) is 2.24. The highest BCUT2D eigenvalue weighted by Crippen LogP contribution is 2.26. The molecule has 100 valence electrons. The minimum atomic E-state index is -0.109. The van der Waals surface area contributed by atoms with E-state index < -0.39 is 0 Å². The molecule has 1 aromatic heterocycles. The first-order valence-corrected chi connectivity index (χ1v) is 7.31. The molecule has 0 spiro atoms. The van der Waals surface area contributed by atoms with Gasteiger partial charge in [-0.2, -0.15) is 11.3 Å². The molecule has 2 heterocycles. The fourth-order valence-electron chi connectivity index (χ4n) is 2.50. The molecule has 1 saturated heterocycles. The fourth-order valence-corrected chi connectivity index (χ4v) is 3.16. The number of piperidine rings is 1. The summed E-state index contributed by atoms with van der Waals surface area (Å²) in [5.74, 6) is 0.189. The highest BCUT2D eigenvalue weighted by atomic mass is 32.1. The Balaban J connectivity index is 1.94. The predicted molar refractivity (Wildman–Crippen MR) is 73.9 cm³/mol. The summed E-state index contributed by atoms with van der Waals surface area (Å²) in [4.78, 5) is 13.8. The number of carbonyl (C=O) groups excluding carboxylic acids is 1. The molecule has 18 heavy (non-hydrogen) atoms. The lowest BCUT2D eigenvalue weighted by molar-refractivity contribution is -0.144. The molecular formula is C13H20N2O2S. The van der Waals surface area contributed by atoms with Gasteiger partial charge in [0.25, 0.3) is 0 Å². The Bertz CT molecular complexity index is 380. The monoisotopic (exact) mass is 268 g/mol. The van der Waals surface area contributed by atoms with Gasteiger partial charge in [0.2, 0.25) is 0 Å². The summed E-state index contributed by atoms with van der Waals surface area (Å²) in [6.45, 7) is 4.05. The number of nitrogens with two attached hydrogens (primary N) is 1. The van der Waals surface area contributed by atoms with E-state index in [4.69, 9.17) is 10.5 Å². The largest absolute Gasteiger partial charge is 0.466 e. The number of nitrogens with zero attached hydrogens (tertiary/aromatic N) is 1. The van der Waals surface area contributed by atoms with Crippen LogP contribution in [0.1, 0.15) is 19.8 Å². The number of ether oxygens (including phenoxy) is 1. The SMILES string of the molecule is CCOC(=O)CC1CC(N)CN(c2ccsc2)C1. The molecular weight excluding hydrogens is 248 g/mol. The molecule has 2 unspecified atom stereocenters. The van der Waals surface area contributed by atoms with Gasteiger partial charge in [0, 0.05) is 30.2 Å². The maximum Gasteiger partial charge on any atom is 0.306 e. The van der Waals surface area contributed by atoms with Crippen molar-refractivity contribution >= 4 is 23.0 Å². The lowest BCUT2D eigenvalue weighted by Gasteiger charge is -2.36. The molecule has 0 saturated carbocycles. The van der Waals surface area contributed by atoms with Crippen LogP contribution in [0.5, 0.6) is 0 Å². The zero-order chi connectivity index (χ0) is 13.0. The number of rotatable bonds is 4. The maximum absolute atomic E-state index is 11.5. The van der Waals surface area contributed by atoms with Crippen molar-refractivity contribution in [1.29, 1.82) is 0 Å². The van der Waals surface area contributed by atoms with E-state index in [1.165, 1.54) is 5.69 Å². The second kappa shape index (κ2) is 6.20. The zero-order valence-corrected chi connectivity index (χ0v) is 11.5. The smallest absolute Gasteiger partial charge is 0.306 e. The first kappa shape index (κ1) is 13.4. The van der Waals surface area contributed by atoms with E-state index in [-0.39, 0.29) is 12.0 Å². The van der Waals surface area contributed by atoms with Crippen LogP contribution in [0.4, 0.5) is 5.69 Å². The van der Waals surface area contributed by atoms with Gasteiger partial charge >= 0.3 is 5.97 Å². The molecule has 2 N–H and O–H groups in total. The standard InChI is InChI=1S/C13H20N2O2S/c1-2-17-13(16)6-10-5-11(14)8-15(7-10)12-3-4-18-9-12/h3-4,9-11H,2,5-8,14H2,1H3. The Kier molecular flexibility index (Phi) is 4.60. The summed E-state index contributed by atoms with van der Waals surface area (Å²) in [5.41, 5.74) is 7.29. The third kappa shape index (κ3) is 3.46. The van der Waals surface area contributed by atoms with E-state index in [9.17, 15) is 4.79 Å². The average molecular weight is 268 g/mol. The van der Waals surface area contributed by atoms with Crippen LogP contribution in [0.25, 0.3) is 0 Å². The highest BCUT2D eigenvalue weighted by Gasteiger charge is 2.27. The lowest BCUT2D eigenvalue weighted by atomic mass is 9.92. The Hall–Kier alpha value is -1.07. The molecule has 1 aliphatic rings. The van der Waals surface area contributed by atoms with Crippen molar-refractivity contribution in [2.24, 2.45) is 11.7 Å². The van der Waals surface area contributed by atoms with E-state index in [0.717, 1.165) is 19.5 Å². The Morgan fingerprint density at radius 3 is 3.11 bits per heavy atom. The van der Waals surface area contributed by atoms with Crippen molar-refractivity contribution in [2.45, 2.75) is 25.8 Å². The quantitative estimate of drug-likeness (QED) is 0.847. The molecule has 1 fully saturated rings. The topological polar surface area (TPSA) is 55.6 Å². The molecule has 0 aromatic carbocycles. The third-order valence-electron chi connectivity index (χ3n) is 3.20. The summed E-state index contributed by atoms with van der Waals surface area (Å²) >= 11 is 1.68. The van der Waals surface area contributed by atoms with E-state index in [1.807, 2.05) is 6.92 Å². The van der Waals surface area contributed by atoms with Gasteiger partial charge in [0.15, 0.2) is 0 Å². The van der Waals surface area contributed by atoms with Crippen LogP contribution in [-0.2, 0) is 9.53 Å². The third-order valence-corrected chi connectivity index (χ3v) is 3.87. The minimum absolute atomic E-state index is 0.109. The number of carbonyl (C=O) groups is 1. The summed E-state index contributed by atoms with van der Waals surface area (Å²) in [5, 5.41) is 4.19. The van der Waals surface area contributed by atoms with E-state index in [2.05, 4.69) is 21.7 Å². The van der Waals surface area contributed by atoms with Crippen molar-refractivity contribution in [3.8, 4) is 0 Å².